The number of rotatable bonds is 4. The van der Waals surface area contributed by atoms with E-state index in [0.717, 1.165) is 4.47 Å². The molecule has 1 heterocycles. The summed E-state index contributed by atoms with van der Waals surface area (Å²) in [7, 11) is 0. The molecule has 3 nitrogen and oxygen atoms in total. The number of aromatic nitrogens is 1. The van der Waals surface area contributed by atoms with Gasteiger partial charge in [-0.1, -0.05) is 11.6 Å². The van der Waals surface area contributed by atoms with Crippen LogP contribution >= 0.6 is 27.5 Å². The molecule has 0 amide bonds. The average Bonchev–Trinajstić information content (AvgIpc) is 2.37. The first-order valence-corrected chi connectivity index (χ1v) is 6.34. The molecule has 0 bridgehead atoms. The van der Waals surface area contributed by atoms with Crippen LogP contribution in [0.25, 0.3) is 0 Å². The van der Waals surface area contributed by atoms with E-state index in [1.807, 2.05) is 0 Å². The van der Waals surface area contributed by atoms with Crippen LogP contribution in [0.3, 0.4) is 0 Å². The molecule has 92 valence electrons. The van der Waals surface area contributed by atoms with Crippen LogP contribution in [0.4, 0.5) is 0 Å². The molecule has 0 spiro atoms. The Kier molecular flexibility index (Phi) is 4.33. The fourth-order valence-corrected chi connectivity index (χ4v) is 1.81. The minimum absolute atomic E-state index is 0.0280. The van der Waals surface area contributed by atoms with Gasteiger partial charge in [0.15, 0.2) is 12.4 Å². The van der Waals surface area contributed by atoms with Crippen molar-refractivity contribution < 1.29 is 9.53 Å². The van der Waals surface area contributed by atoms with Crippen LogP contribution in [0.15, 0.2) is 47.2 Å². The third-order valence-electron chi connectivity index (χ3n) is 2.22. The van der Waals surface area contributed by atoms with E-state index in [1.165, 1.54) is 0 Å². The average molecular weight is 327 g/mol. The van der Waals surface area contributed by atoms with Crippen LogP contribution in [0, 0.1) is 0 Å². The fraction of sp³-hybridized carbons (Fsp3) is 0.0769. The zero-order valence-electron chi connectivity index (χ0n) is 9.27. The van der Waals surface area contributed by atoms with Gasteiger partial charge in [-0.05, 0) is 46.3 Å². The molecule has 0 saturated heterocycles. The van der Waals surface area contributed by atoms with Gasteiger partial charge in [0.25, 0.3) is 0 Å². The first-order chi connectivity index (χ1) is 8.65. The number of hydrogen-bond donors (Lipinski definition) is 0. The van der Waals surface area contributed by atoms with Gasteiger partial charge >= 0.3 is 0 Å². The Hall–Kier alpha value is -1.39. The molecule has 0 aliphatic heterocycles. The van der Waals surface area contributed by atoms with Crippen molar-refractivity contribution in [3.05, 3.63) is 57.8 Å². The van der Waals surface area contributed by atoms with Crippen LogP contribution in [0.5, 0.6) is 5.75 Å². The number of pyridine rings is 1. The van der Waals surface area contributed by atoms with Crippen LogP contribution in [-0.2, 0) is 0 Å². The largest absolute Gasteiger partial charge is 0.484 e. The molecule has 5 heteroatoms. The standard InChI is InChI=1S/C13H9BrClNO2/c14-10-5-12(7-16-6-10)18-8-13(17)9-1-3-11(15)4-2-9/h1-7H,8H2. The third kappa shape index (κ3) is 3.55. The minimum atomic E-state index is -0.105. The number of carbonyl (C=O) groups is 1. The summed E-state index contributed by atoms with van der Waals surface area (Å²) in [5.41, 5.74) is 0.572. The Labute approximate surface area is 118 Å². The van der Waals surface area contributed by atoms with Crippen molar-refractivity contribution in [2.24, 2.45) is 0 Å². The highest BCUT2D eigenvalue weighted by molar-refractivity contribution is 9.10. The van der Waals surface area contributed by atoms with Crippen molar-refractivity contribution in [1.29, 1.82) is 0 Å². The van der Waals surface area contributed by atoms with Crippen molar-refractivity contribution in [3.63, 3.8) is 0 Å². The lowest BCUT2D eigenvalue weighted by Crippen LogP contribution is -2.11. The summed E-state index contributed by atoms with van der Waals surface area (Å²) in [4.78, 5) is 15.8. The lowest BCUT2D eigenvalue weighted by atomic mass is 10.1. The second-order valence-corrected chi connectivity index (χ2v) is 4.91. The number of Topliss-reactive ketones (excluding diaryl/α,β-unsaturated/α-hetero) is 1. The number of halogens is 2. The zero-order valence-corrected chi connectivity index (χ0v) is 11.6. The highest BCUT2D eigenvalue weighted by Gasteiger charge is 2.07. The highest BCUT2D eigenvalue weighted by atomic mass is 79.9. The van der Waals surface area contributed by atoms with Crippen molar-refractivity contribution in [1.82, 2.24) is 4.98 Å². The number of benzene rings is 1. The van der Waals surface area contributed by atoms with Crippen molar-refractivity contribution >= 4 is 33.3 Å². The Morgan fingerprint density at radius 3 is 2.67 bits per heavy atom. The Morgan fingerprint density at radius 1 is 1.28 bits per heavy atom. The van der Waals surface area contributed by atoms with Gasteiger partial charge in [0.05, 0.1) is 6.20 Å². The number of carbonyl (C=O) groups excluding carboxylic acids is 1. The van der Waals surface area contributed by atoms with Gasteiger partial charge in [-0.2, -0.15) is 0 Å². The molecule has 2 aromatic rings. The molecule has 0 fully saturated rings. The van der Waals surface area contributed by atoms with Gasteiger partial charge in [-0.25, -0.2) is 0 Å². The van der Waals surface area contributed by atoms with Crippen LogP contribution < -0.4 is 4.74 Å². The van der Waals surface area contributed by atoms with E-state index in [4.69, 9.17) is 16.3 Å². The molecule has 0 aliphatic carbocycles. The van der Waals surface area contributed by atoms with E-state index in [0.29, 0.717) is 16.3 Å². The van der Waals surface area contributed by atoms with Gasteiger partial charge in [-0.3, -0.25) is 9.78 Å². The van der Waals surface area contributed by atoms with E-state index in [1.54, 1.807) is 42.7 Å². The number of nitrogens with zero attached hydrogens (tertiary/aromatic N) is 1. The molecule has 0 unspecified atom stereocenters. The van der Waals surface area contributed by atoms with Crippen molar-refractivity contribution in [2.45, 2.75) is 0 Å². The van der Waals surface area contributed by atoms with Crippen LogP contribution in [0.2, 0.25) is 5.02 Å². The normalized spacial score (nSPS) is 10.1. The Bertz CT molecular complexity index is 557. The Morgan fingerprint density at radius 2 is 2.00 bits per heavy atom. The maximum absolute atomic E-state index is 11.8. The predicted molar refractivity (Wildman–Crippen MR) is 73.2 cm³/mol. The summed E-state index contributed by atoms with van der Waals surface area (Å²) in [6.45, 7) is -0.0280. The third-order valence-corrected chi connectivity index (χ3v) is 2.90. The Balaban J connectivity index is 1.98. The summed E-state index contributed by atoms with van der Waals surface area (Å²) in [5, 5.41) is 0.601. The van der Waals surface area contributed by atoms with E-state index in [9.17, 15) is 4.79 Å². The lowest BCUT2D eigenvalue weighted by molar-refractivity contribution is 0.0921. The van der Waals surface area contributed by atoms with E-state index < -0.39 is 0 Å². The molecule has 0 radical (unpaired) electrons. The van der Waals surface area contributed by atoms with Gasteiger partial charge in [0.2, 0.25) is 0 Å². The number of ether oxygens (including phenoxy) is 1. The quantitative estimate of drug-likeness (QED) is 0.803. The summed E-state index contributed by atoms with van der Waals surface area (Å²) in [5.74, 6) is 0.443. The first kappa shape index (κ1) is 13.1. The van der Waals surface area contributed by atoms with E-state index in [-0.39, 0.29) is 12.4 Å². The molecule has 2 rings (SSSR count). The molecular formula is C13H9BrClNO2. The SMILES string of the molecule is O=C(COc1cncc(Br)c1)c1ccc(Cl)cc1. The molecule has 0 aliphatic rings. The second kappa shape index (κ2) is 5.98. The van der Waals surface area contributed by atoms with Gasteiger partial charge in [0.1, 0.15) is 5.75 Å². The first-order valence-electron chi connectivity index (χ1n) is 5.17. The van der Waals surface area contributed by atoms with E-state index in [2.05, 4.69) is 20.9 Å². The van der Waals surface area contributed by atoms with Gasteiger partial charge in [0, 0.05) is 21.3 Å². The molecule has 0 N–H and O–H groups in total. The number of ketones is 1. The maximum atomic E-state index is 11.8. The van der Waals surface area contributed by atoms with Crippen molar-refractivity contribution in [2.75, 3.05) is 6.61 Å². The summed E-state index contributed by atoms with van der Waals surface area (Å²) < 4.78 is 6.16. The molecule has 1 aromatic heterocycles. The lowest BCUT2D eigenvalue weighted by Gasteiger charge is -2.05. The number of hydrogen-bond acceptors (Lipinski definition) is 3. The molecule has 0 saturated carbocycles. The topological polar surface area (TPSA) is 39.2 Å². The second-order valence-electron chi connectivity index (χ2n) is 3.56. The summed E-state index contributed by atoms with van der Waals surface area (Å²) in [6, 6.07) is 8.45. The maximum Gasteiger partial charge on any atom is 0.200 e. The predicted octanol–water partition coefficient (Wildman–Crippen LogP) is 3.76. The molecule has 18 heavy (non-hydrogen) atoms. The molecular weight excluding hydrogens is 318 g/mol. The monoisotopic (exact) mass is 325 g/mol. The molecule has 0 atom stereocenters. The van der Waals surface area contributed by atoms with Gasteiger partial charge < -0.3 is 4.74 Å². The summed E-state index contributed by atoms with van der Waals surface area (Å²) in [6.07, 6.45) is 3.20. The minimum Gasteiger partial charge on any atom is -0.484 e. The van der Waals surface area contributed by atoms with E-state index >= 15 is 0 Å². The smallest absolute Gasteiger partial charge is 0.200 e. The molecule has 1 aromatic carbocycles. The van der Waals surface area contributed by atoms with Crippen molar-refractivity contribution in [3.8, 4) is 5.75 Å². The van der Waals surface area contributed by atoms with Crippen LogP contribution in [0.1, 0.15) is 10.4 Å². The zero-order chi connectivity index (χ0) is 13.0. The highest BCUT2D eigenvalue weighted by Crippen LogP contribution is 2.16. The summed E-state index contributed by atoms with van der Waals surface area (Å²) >= 11 is 9.03. The van der Waals surface area contributed by atoms with Gasteiger partial charge in [-0.15, -0.1) is 0 Å². The van der Waals surface area contributed by atoms with Crippen LogP contribution in [-0.4, -0.2) is 17.4 Å². The fourth-order valence-electron chi connectivity index (χ4n) is 1.34.